The van der Waals surface area contributed by atoms with Gasteiger partial charge >= 0.3 is 5.97 Å². The number of H-pyrrole nitrogens is 1. The van der Waals surface area contributed by atoms with Crippen LogP contribution in [0.15, 0.2) is 48.8 Å². The number of hydrogen-bond acceptors (Lipinski definition) is 3. The van der Waals surface area contributed by atoms with Crippen molar-refractivity contribution in [3.8, 4) is 0 Å². The molecule has 0 bridgehead atoms. The molecular weight excluding hydrogens is 258 g/mol. The van der Waals surface area contributed by atoms with E-state index in [1.54, 1.807) is 6.20 Å². The van der Waals surface area contributed by atoms with Crippen molar-refractivity contribution in [1.29, 1.82) is 0 Å². The second-order valence-corrected chi connectivity index (χ2v) is 4.26. The molecule has 1 aromatic carbocycles. The van der Waals surface area contributed by atoms with Crippen molar-refractivity contribution in [2.45, 2.75) is 6.42 Å². The summed E-state index contributed by atoms with van der Waals surface area (Å²) in [6.45, 7) is 0. The molecule has 1 heterocycles. The fourth-order valence-electron chi connectivity index (χ4n) is 1.86. The van der Waals surface area contributed by atoms with Crippen LogP contribution in [0.25, 0.3) is 5.76 Å². The first kappa shape index (κ1) is 13.6. The van der Waals surface area contributed by atoms with E-state index in [0.717, 1.165) is 11.1 Å². The number of aromatic nitrogens is 1. The highest BCUT2D eigenvalue weighted by Crippen LogP contribution is 2.20. The molecule has 0 aliphatic rings. The molecule has 5 nitrogen and oxygen atoms in total. The Kier molecular flexibility index (Phi) is 4.00. The zero-order valence-electron chi connectivity index (χ0n) is 10.5. The monoisotopic (exact) mass is 271 g/mol. The minimum absolute atomic E-state index is 0.357. The van der Waals surface area contributed by atoms with Crippen LogP contribution in [0.3, 0.4) is 0 Å². The van der Waals surface area contributed by atoms with Crippen molar-refractivity contribution in [1.82, 2.24) is 4.98 Å². The van der Waals surface area contributed by atoms with Crippen molar-refractivity contribution in [3.63, 3.8) is 0 Å². The largest absolute Gasteiger partial charge is 0.507 e. The van der Waals surface area contributed by atoms with Crippen LogP contribution in [-0.4, -0.2) is 26.9 Å². The summed E-state index contributed by atoms with van der Waals surface area (Å²) in [4.78, 5) is 24.4. The second kappa shape index (κ2) is 5.88. The quantitative estimate of drug-likeness (QED) is 0.441. The highest BCUT2D eigenvalue weighted by Gasteiger charge is 2.13. The summed E-state index contributed by atoms with van der Waals surface area (Å²) in [6.07, 6.45) is 4.51. The van der Waals surface area contributed by atoms with Crippen molar-refractivity contribution in [2.75, 3.05) is 0 Å². The first-order valence-electron chi connectivity index (χ1n) is 5.96. The molecule has 1 aromatic heterocycles. The van der Waals surface area contributed by atoms with Gasteiger partial charge in [-0.25, -0.2) is 4.79 Å². The Balaban J connectivity index is 2.25. The zero-order valence-corrected chi connectivity index (χ0v) is 10.5. The molecule has 0 spiro atoms. The van der Waals surface area contributed by atoms with Gasteiger partial charge in [0.1, 0.15) is 5.76 Å². The molecule has 102 valence electrons. The number of rotatable bonds is 5. The van der Waals surface area contributed by atoms with Gasteiger partial charge in [-0.15, -0.1) is 0 Å². The number of hydrogen-bond donors (Lipinski definition) is 3. The third-order valence-electron chi connectivity index (χ3n) is 2.82. The van der Waals surface area contributed by atoms with Crippen LogP contribution in [0, 0.1) is 0 Å². The van der Waals surface area contributed by atoms with Gasteiger partial charge in [0.25, 0.3) is 5.78 Å². The van der Waals surface area contributed by atoms with Gasteiger partial charge in [-0.2, -0.15) is 0 Å². The fourth-order valence-corrected chi connectivity index (χ4v) is 1.86. The number of aliphatic hydroxyl groups is 1. The molecule has 0 fully saturated rings. The molecule has 2 aromatic rings. The minimum atomic E-state index is -1.60. The molecule has 3 N–H and O–H groups in total. The van der Waals surface area contributed by atoms with Crippen LogP contribution >= 0.6 is 0 Å². The van der Waals surface area contributed by atoms with E-state index in [9.17, 15) is 14.7 Å². The Bertz CT molecular complexity index is 656. The maximum Gasteiger partial charge on any atom is 0.376 e. The molecule has 0 radical (unpaired) electrons. The Morgan fingerprint density at radius 1 is 1.10 bits per heavy atom. The summed E-state index contributed by atoms with van der Waals surface area (Å²) in [5, 5.41) is 18.4. The van der Waals surface area contributed by atoms with Gasteiger partial charge in [0.15, 0.2) is 0 Å². The predicted octanol–water partition coefficient (Wildman–Crippen LogP) is 2.16. The van der Waals surface area contributed by atoms with Crippen LogP contribution in [-0.2, 0) is 16.0 Å². The first-order valence-corrected chi connectivity index (χ1v) is 5.96. The van der Waals surface area contributed by atoms with Gasteiger partial charge < -0.3 is 15.2 Å². The lowest BCUT2D eigenvalue weighted by Crippen LogP contribution is -2.09. The molecule has 20 heavy (non-hydrogen) atoms. The summed E-state index contributed by atoms with van der Waals surface area (Å²) in [6, 6.07) is 9.61. The summed E-state index contributed by atoms with van der Waals surface area (Å²) in [7, 11) is 0. The number of aromatic amines is 1. The van der Waals surface area contributed by atoms with Crippen LogP contribution in [0.5, 0.6) is 0 Å². The Morgan fingerprint density at radius 2 is 1.80 bits per heavy atom. The smallest absolute Gasteiger partial charge is 0.376 e. The number of carboxylic acids is 1. The van der Waals surface area contributed by atoms with E-state index in [0.29, 0.717) is 18.1 Å². The van der Waals surface area contributed by atoms with Gasteiger partial charge in [0.2, 0.25) is 0 Å². The van der Waals surface area contributed by atoms with Crippen LogP contribution in [0.2, 0.25) is 0 Å². The van der Waals surface area contributed by atoms with E-state index in [2.05, 4.69) is 4.98 Å². The van der Waals surface area contributed by atoms with Crippen molar-refractivity contribution < 1.29 is 19.8 Å². The number of carboxylic acid groups (broad SMARTS) is 1. The number of carbonyl (C=O) groups is 2. The Labute approximate surface area is 115 Å². The number of carbonyl (C=O) groups excluding carboxylic acids is 1. The van der Waals surface area contributed by atoms with Crippen molar-refractivity contribution in [3.05, 3.63) is 65.5 Å². The third-order valence-corrected chi connectivity index (χ3v) is 2.82. The van der Waals surface area contributed by atoms with Gasteiger partial charge in [-0.05, 0) is 17.5 Å². The van der Waals surface area contributed by atoms with Gasteiger partial charge in [0.05, 0.1) is 0 Å². The van der Waals surface area contributed by atoms with E-state index in [1.165, 1.54) is 6.20 Å². The highest BCUT2D eigenvalue weighted by atomic mass is 16.4. The third kappa shape index (κ3) is 3.14. The number of aliphatic hydroxyl groups excluding tert-OH is 1. The summed E-state index contributed by atoms with van der Waals surface area (Å²) >= 11 is 0. The molecular formula is C15H13NO4. The lowest BCUT2D eigenvalue weighted by atomic mass is 10.0. The van der Waals surface area contributed by atoms with Crippen molar-refractivity contribution in [2.24, 2.45) is 0 Å². The second-order valence-electron chi connectivity index (χ2n) is 4.26. The average Bonchev–Trinajstić information content (AvgIpc) is 2.88. The van der Waals surface area contributed by atoms with Gasteiger partial charge in [-0.1, -0.05) is 30.3 Å². The Hall–Kier alpha value is -2.82. The maximum absolute atomic E-state index is 11.1. The maximum atomic E-state index is 11.1. The zero-order chi connectivity index (χ0) is 14.5. The molecule has 0 saturated carbocycles. The summed E-state index contributed by atoms with van der Waals surface area (Å²) in [5.41, 5.74) is 2.25. The van der Waals surface area contributed by atoms with E-state index in [-0.39, 0.29) is 5.76 Å². The Morgan fingerprint density at radius 3 is 2.45 bits per heavy atom. The van der Waals surface area contributed by atoms with Gasteiger partial charge in [0, 0.05) is 24.0 Å². The minimum Gasteiger partial charge on any atom is -0.507 e. The topological polar surface area (TPSA) is 90.4 Å². The van der Waals surface area contributed by atoms with Gasteiger partial charge in [-0.3, -0.25) is 4.79 Å². The van der Waals surface area contributed by atoms with E-state index < -0.39 is 11.8 Å². The molecule has 0 amide bonds. The molecule has 5 heteroatoms. The predicted molar refractivity (Wildman–Crippen MR) is 73.3 cm³/mol. The molecule has 0 aliphatic carbocycles. The highest BCUT2D eigenvalue weighted by molar-refractivity contribution is 6.38. The molecule has 2 rings (SSSR count). The van der Waals surface area contributed by atoms with E-state index in [1.807, 2.05) is 30.3 Å². The van der Waals surface area contributed by atoms with E-state index >= 15 is 0 Å². The summed E-state index contributed by atoms with van der Waals surface area (Å²) < 4.78 is 0. The van der Waals surface area contributed by atoms with Crippen molar-refractivity contribution >= 4 is 17.5 Å². The van der Waals surface area contributed by atoms with Crippen LogP contribution < -0.4 is 0 Å². The summed E-state index contributed by atoms with van der Waals surface area (Å²) in [5.74, 6) is -3.12. The molecule has 0 unspecified atom stereocenters. The molecule has 0 atom stereocenters. The number of aliphatic carboxylic acids is 1. The lowest BCUT2D eigenvalue weighted by molar-refractivity contribution is -0.146. The standard InChI is InChI=1S/C15H13NO4/c17-13(7-14(18)15(19)20)12-9-16-8-11(12)6-10-4-2-1-3-5-10/h1-5,7-9,16-17H,6H2,(H,19,20). The number of ketones is 1. The average molecular weight is 271 g/mol. The van der Waals surface area contributed by atoms with Crippen LogP contribution in [0.1, 0.15) is 16.7 Å². The molecule has 0 saturated heterocycles. The molecule has 0 aliphatic heterocycles. The van der Waals surface area contributed by atoms with E-state index in [4.69, 9.17) is 5.11 Å². The lowest BCUT2D eigenvalue weighted by Gasteiger charge is -2.03. The first-order chi connectivity index (χ1) is 9.58. The number of benzene rings is 1. The number of nitrogens with one attached hydrogen (secondary N) is 1. The normalized spacial score (nSPS) is 11.3. The SMILES string of the molecule is O=C(O)C(=O)C=C(O)c1c[nH]cc1Cc1ccccc1. The van der Waals surface area contributed by atoms with Crippen LogP contribution in [0.4, 0.5) is 0 Å². The fraction of sp³-hybridized carbons (Fsp3) is 0.0667.